The third kappa shape index (κ3) is 2.48. The van der Waals surface area contributed by atoms with Crippen LogP contribution in [0.3, 0.4) is 0 Å². The Labute approximate surface area is 76.2 Å². The van der Waals surface area contributed by atoms with Crippen LogP contribution in [0.15, 0.2) is 0 Å². The van der Waals surface area contributed by atoms with Crippen LogP contribution < -0.4 is 0 Å². The SMILES string of the molecule is CCCCCC(O)(CC)C1CC1. The molecule has 72 valence electrons. The second kappa shape index (κ2) is 4.27. The van der Waals surface area contributed by atoms with E-state index in [-0.39, 0.29) is 5.60 Å². The van der Waals surface area contributed by atoms with Crippen LogP contribution in [0.5, 0.6) is 0 Å². The van der Waals surface area contributed by atoms with Gasteiger partial charge in [-0.1, -0.05) is 33.1 Å². The molecule has 0 aromatic carbocycles. The van der Waals surface area contributed by atoms with Crippen LogP contribution >= 0.6 is 0 Å². The Morgan fingerprint density at radius 2 is 1.92 bits per heavy atom. The van der Waals surface area contributed by atoms with Crippen LogP contribution in [0.25, 0.3) is 0 Å². The van der Waals surface area contributed by atoms with Gasteiger partial charge in [0.1, 0.15) is 0 Å². The first-order valence-electron chi connectivity index (χ1n) is 5.45. The van der Waals surface area contributed by atoms with E-state index >= 15 is 0 Å². The van der Waals surface area contributed by atoms with Gasteiger partial charge in [0.2, 0.25) is 0 Å². The summed E-state index contributed by atoms with van der Waals surface area (Å²) < 4.78 is 0. The summed E-state index contributed by atoms with van der Waals surface area (Å²) in [5.41, 5.74) is -0.296. The first-order chi connectivity index (χ1) is 5.73. The molecule has 1 atom stereocenters. The molecule has 1 nitrogen and oxygen atoms in total. The zero-order valence-electron chi connectivity index (χ0n) is 8.47. The molecule has 1 fully saturated rings. The van der Waals surface area contributed by atoms with E-state index in [2.05, 4.69) is 13.8 Å². The largest absolute Gasteiger partial charge is 0.390 e. The topological polar surface area (TPSA) is 20.2 Å². The van der Waals surface area contributed by atoms with Crippen molar-refractivity contribution in [1.82, 2.24) is 0 Å². The molecule has 0 aromatic heterocycles. The van der Waals surface area contributed by atoms with Gasteiger partial charge in [-0.05, 0) is 31.6 Å². The van der Waals surface area contributed by atoms with Crippen LogP contribution in [0, 0.1) is 5.92 Å². The third-order valence-electron chi connectivity index (χ3n) is 3.16. The molecule has 0 radical (unpaired) electrons. The smallest absolute Gasteiger partial charge is 0.0673 e. The number of hydrogen-bond donors (Lipinski definition) is 1. The molecule has 1 aliphatic carbocycles. The monoisotopic (exact) mass is 170 g/mol. The van der Waals surface area contributed by atoms with Crippen molar-refractivity contribution in [3.63, 3.8) is 0 Å². The van der Waals surface area contributed by atoms with Gasteiger partial charge in [-0.15, -0.1) is 0 Å². The Morgan fingerprint density at radius 3 is 2.33 bits per heavy atom. The van der Waals surface area contributed by atoms with Crippen molar-refractivity contribution in [1.29, 1.82) is 0 Å². The van der Waals surface area contributed by atoms with Gasteiger partial charge in [-0.3, -0.25) is 0 Å². The molecule has 0 saturated heterocycles. The van der Waals surface area contributed by atoms with Gasteiger partial charge < -0.3 is 5.11 Å². The minimum atomic E-state index is -0.296. The van der Waals surface area contributed by atoms with E-state index in [0.717, 1.165) is 12.8 Å². The van der Waals surface area contributed by atoms with E-state index in [1.54, 1.807) is 0 Å². The van der Waals surface area contributed by atoms with E-state index in [9.17, 15) is 5.11 Å². The standard InChI is InChI=1S/C11H22O/c1-3-5-6-9-11(12,4-2)10-7-8-10/h10,12H,3-9H2,1-2H3. The molecule has 1 saturated carbocycles. The van der Waals surface area contributed by atoms with Crippen molar-refractivity contribution in [3.05, 3.63) is 0 Å². The summed E-state index contributed by atoms with van der Waals surface area (Å²) in [6, 6.07) is 0. The molecule has 0 aliphatic heterocycles. The van der Waals surface area contributed by atoms with Crippen LogP contribution in [0.4, 0.5) is 0 Å². The van der Waals surface area contributed by atoms with Gasteiger partial charge in [0, 0.05) is 0 Å². The average Bonchev–Trinajstić information content (AvgIpc) is 2.87. The zero-order valence-corrected chi connectivity index (χ0v) is 8.47. The second-order valence-electron chi connectivity index (χ2n) is 4.19. The number of rotatable bonds is 6. The Bertz CT molecular complexity index is 129. The quantitative estimate of drug-likeness (QED) is 0.607. The van der Waals surface area contributed by atoms with E-state index in [1.165, 1.54) is 32.1 Å². The molecular formula is C11H22O. The van der Waals surface area contributed by atoms with E-state index in [1.807, 2.05) is 0 Å². The molecule has 0 heterocycles. The fourth-order valence-electron chi connectivity index (χ4n) is 1.97. The normalized spacial score (nSPS) is 22.2. The molecule has 1 rings (SSSR count). The molecule has 1 N–H and O–H groups in total. The molecule has 0 aromatic rings. The van der Waals surface area contributed by atoms with Gasteiger partial charge in [0.05, 0.1) is 5.60 Å². The van der Waals surface area contributed by atoms with Gasteiger partial charge in [-0.2, -0.15) is 0 Å². The van der Waals surface area contributed by atoms with E-state index in [0.29, 0.717) is 5.92 Å². The van der Waals surface area contributed by atoms with Crippen molar-refractivity contribution in [2.45, 2.75) is 64.4 Å². The van der Waals surface area contributed by atoms with Crippen molar-refractivity contribution < 1.29 is 5.11 Å². The number of aliphatic hydroxyl groups is 1. The molecule has 0 spiro atoms. The highest BCUT2D eigenvalue weighted by atomic mass is 16.3. The molecule has 1 unspecified atom stereocenters. The Kier molecular flexibility index (Phi) is 3.57. The van der Waals surface area contributed by atoms with Crippen LogP contribution in [0.2, 0.25) is 0 Å². The van der Waals surface area contributed by atoms with Gasteiger partial charge in [-0.25, -0.2) is 0 Å². The Morgan fingerprint density at radius 1 is 1.25 bits per heavy atom. The zero-order chi connectivity index (χ0) is 9.03. The number of unbranched alkanes of at least 4 members (excludes halogenated alkanes) is 2. The van der Waals surface area contributed by atoms with E-state index in [4.69, 9.17) is 0 Å². The third-order valence-corrected chi connectivity index (χ3v) is 3.16. The predicted octanol–water partition coefficient (Wildman–Crippen LogP) is 3.12. The predicted molar refractivity (Wildman–Crippen MR) is 52.1 cm³/mol. The average molecular weight is 170 g/mol. The Balaban J connectivity index is 2.23. The molecule has 1 heteroatoms. The summed E-state index contributed by atoms with van der Waals surface area (Å²) in [5.74, 6) is 0.638. The summed E-state index contributed by atoms with van der Waals surface area (Å²) in [4.78, 5) is 0. The maximum absolute atomic E-state index is 10.2. The summed E-state index contributed by atoms with van der Waals surface area (Å²) in [6.07, 6.45) is 8.23. The molecule has 1 aliphatic rings. The van der Waals surface area contributed by atoms with Crippen LogP contribution in [0.1, 0.15) is 58.8 Å². The van der Waals surface area contributed by atoms with Crippen molar-refractivity contribution in [2.24, 2.45) is 5.92 Å². The maximum atomic E-state index is 10.2. The summed E-state index contributed by atoms with van der Waals surface area (Å²) >= 11 is 0. The highest BCUT2D eigenvalue weighted by Gasteiger charge is 2.41. The molecular weight excluding hydrogens is 148 g/mol. The maximum Gasteiger partial charge on any atom is 0.0673 e. The Hall–Kier alpha value is -0.0400. The minimum Gasteiger partial charge on any atom is -0.390 e. The summed E-state index contributed by atoms with van der Waals surface area (Å²) in [7, 11) is 0. The fourth-order valence-corrected chi connectivity index (χ4v) is 1.97. The van der Waals surface area contributed by atoms with Gasteiger partial charge >= 0.3 is 0 Å². The van der Waals surface area contributed by atoms with Crippen LogP contribution in [-0.4, -0.2) is 10.7 Å². The number of hydrogen-bond acceptors (Lipinski definition) is 1. The van der Waals surface area contributed by atoms with Crippen molar-refractivity contribution >= 4 is 0 Å². The minimum absolute atomic E-state index is 0.296. The lowest BCUT2D eigenvalue weighted by atomic mass is 9.88. The highest BCUT2D eigenvalue weighted by molar-refractivity contribution is 4.93. The lowest BCUT2D eigenvalue weighted by molar-refractivity contribution is 0.00294. The first-order valence-corrected chi connectivity index (χ1v) is 5.45. The molecule has 0 bridgehead atoms. The lowest BCUT2D eigenvalue weighted by Crippen LogP contribution is -2.30. The molecule has 12 heavy (non-hydrogen) atoms. The van der Waals surface area contributed by atoms with Crippen molar-refractivity contribution in [3.8, 4) is 0 Å². The lowest BCUT2D eigenvalue weighted by Gasteiger charge is -2.26. The van der Waals surface area contributed by atoms with Gasteiger partial charge in [0.15, 0.2) is 0 Å². The fraction of sp³-hybridized carbons (Fsp3) is 1.00. The van der Waals surface area contributed by atoms with E-state index < -0.39 is 0 Å². The van der Waals surface area contributed by atoms with Crippen LogP contribution in [-0.2, 0) is 0 Å². The highest BCUT2D eigenvalue weighted by Crippen LogP contribution is 2.44. The first kappa shape index (κ1) is 10.0. The molecule has 0 amide bonds. The summed E-state index contributed by atoms with van der Waals surface area (Å²) in [6.45, 7) is 4.33. The van der Waals surface area contributed by atoms with Crippen molar-refractivity contribution in [2.75, 3.05) is 0 Å². The summed E-state index contributed by atoms with van der Waals surface area (Å²) in [5, 5.41) is 10.2. The van der Waals surface area contributed by atoms with Gasteiger partial charge in [0.25, 0.3) is 0 Å². The second-order valence-corrected chi connectivity index (χ2v) is 4.19.